The Balaban J connectivity index is 3.36. The number of imidazole rings is 1. The van der Waals surface area contributed by atoms with Crippen molar-refractivity contribution in [3.05, 3.63) is 17.2 Å². The fraction of sp³-hybridized carbons (Fsp3) is 0.286. The topological polar surface area (TPSA) is 104 Å². The smallest absolute Gasteiger partial charge is 0.284 e. The Morgan fingerprint density at radius 1 is 1.31 bits per heavy atom. The molecule has 6 nitrogen and oxygen atoms in total. The number of amides is 2. The molecule has 1 aromatic rings. The molecule has 0 atom stereocenters. The molecule has 1 rings (SSSR count). The van der Waals surface area contributed by atoms with E-state index < -0.39 is 11.8 Å². The monoisotopic (exact) mass is 182 g/mol. The number of primary amides is 2. The lowest BCUT2D eigenvalue weighted by molar-refractivity contribution is 0.0987. The van der Waals surface area contributed by atoms with Gasteiger partial charge in [-0.3, -0.25) is 9.59 Å². The van der Waals surface area contributed by atoms with Gasteiger partial charge in [-0.15, -0.1) is 0 Å². The van der Waals surface area contributed by atoms with Crippen molar-refractivity contribution in [2.45, 2.75) is 6.92 Å². The zero-order valence-electron chi connectivity index (χ0n) is 7.37. The van der Waals surface area contributed by atoms with Crippen LogP contribution in [0, 0.1) is 6.92 Å². The average Bonchev–Trinajstić information content (AvgIpc) is 2.29. The van der Waals surface area contributed by atoms with Crippen molar-refractivity contribution >= 4 is 11.8 Å². The maximum atomic E-state index is 10.8. The number of hydrogen-bond acceptors (Lipinski definition) is 3. The summed E-state index contributed by atoms with van der Waals surface area (Å²) in [7, 11) is 1.59. The van der Waals surface area contributed by atoms with Gasteiger partial charge in [0.15, 0.2) is 5.82 Å². The van der Waals surface area contributed by atoms with Gasteiger partial charge in [0.1, 0.15) is 5.69 Å². The van der Waals surface area contributed by atoms with Gasteiger partial charge in [0.05, 0.1) is 0 Å². The highest BCUT2D eigenvalue weighted by Crippen LogP contribution is 2.07. The third kappa shape index (κ3) is 1.37. The van der Waals surface area contributed by atoms with Gasteiger partial charge in [-0.1, -0.05) is 0 Å². The van der Waals surface area contributed by atoms with E-state index in [9.17, 15) is 9.59 Å². The first-order valence-electron chi connectivity index (χ1n) is 3.58. The molecule has 0 saturated heterocycles. The number of nitrogens with two attached hydrogens (primary N) is 2. The largest absolute Gasteiger partial charge is 0.364 e. The van der Waals surface area contributed by atoms with E-state index in [-0.39, 0.29) is 11.5 Å². The van der Waals surface area contributed by atoms with E-state index in [1.54, 1.807) is 14.0 Å². The number of aromatic nitrogens is 2. The van der Waals surface area contributed by atoms with Crippen molar-refractivity contribution in [2.24, 2.45) is 18.5 Å². The summed E-state index contributed by atoms with van der Waals surface area (Å²) in [5.41, 5.74) is 10.7. The predicted molar refractivity (Wildman–Crippen MR) is 45.0 cm³/mol. The SMILES string of the molecule is Cc1c(C(N)=O)nc(C(N)=O)n1C. The van der Waals surface area contributed by atoms with Crippen LogP contribution in [0.2, 0.25) is 0 Å². The molecule has 1 aromatic heterocycles. The highest BCUT2D eigenvalue weighted by atomic mass is 16.2. The Hall–Kier alpha value is -1.85. The molecule has 0 unspecified atom stereocenters. The Bertz CT molecular complexity index is 346. The van der Waals surface area contributed by atoms with Crippen molar-refractivity contribution < 1.29 is 9.59 Å². The molecule has 0 saturated carbocycles. The highest BCUT2D eigenvalue weighted by molar-refractivity contribution is 5.95. The Kier molecular flexibility index (Phi) is 2.05. The molecular weight excluding hydrogens is 172 g/mol. The number of hydrogen-bond donors (Lipinski definition) is 2. The van der Waals surface area contributed by atoms with E-state index in [4.69, 9.17) is 11.5 Å². The van der Waals surface area contributed by atoms with Crippen molar-refractivity contribution in [1.29, 1.82) is 0 Å². The lowest BCUT2D eigenvalue weighted by Gasteiger charge is -1.97. The van der Waals surface area contributed by atoms with E-state index in [1.165, 1.54) is 4.57 Å². The van der Waals surface area contributed by atoms with Crippen molar-refractivity contribution in [2.75, 3.05) is 0 Å². The van der Waals surface area contributed by atoms with Gasteiger partial charge in [0.2, 0.25) is 0 Å². The van der Waals surface area contributed by atoms with Crippen molar-refractivity contribution in [3.8, 4) is 0 Å². The summed E-state index contributed by atoms with van der Waals surface area (Å²) in [6.45, 7) is 1.64. The van der Waals surface area contributed by atoms with E-state index >= 15 is 0 Å². The Labute approximate surface area is 74.5 Å². The predicted octanol–water partition coefficient (Wildman–Crippen LogP) is -1.07. The zero-order chi connectivity index (χ0) is 10.2. The maximum Gasteiger partial charge on any atom is 0.284 e. The third-order valence-electron chi connectivity index (χ3n) is 1.84. The Morgan fingerprint density at radius 2 is 1.85 bits per heavy atom. The first-order valence-corrected chi connectivity index (χ1v) is 3.58. The van der Waals surface area contributed by atoms with Crippen LogP contribution in [0.4, 0.5) is 0 Å². The molecule has 6 heteroatoms. The molecule has 1 heterocycles. The molecule has 13 heavy (non-hydrogen) atoms. The number of carbonyl (C=O) groups excluding carboxylic acids is 2. The summed E-state index contributed by atoms with van der Waals surface area (Å²) in [5, 5.41) is 0. The summed E-state index contributed by atoms with van der Waals surface area (Å²) < 4.78 is 1.43. The molecule has 0 spiro atoms. The summed E-state index contributed by atoms with van der Waals surface area (Å²) in [6, 6.07) is 0. The summed E-state index contributed by atoms with van der Waals surface area (Å²) in [6.07, 6.45) is 0. The van der Waals surface area contributed by atoms with Crippen LogP contribution >= 0.6 is 0 Å². The van der Waals surface area contributed by atoms with Gasteiger partial charge in [-0.05, 0) is 6.92 Å². The maximum absolute atomic E-state index is 10.8. The van der Waals surface area contributed by atoms with Crippen LogP contribution < -0.4 is 11.5 Å². The molecule has 0 fully saturated rings. The average molecular weight is 182 g/mol. The lowest BCUT2D eigenvalue weighted by Crippen LogP contribution is -2.17. The van der Waals surface area contributed by atoms with E-state index in [1.807, 2.05) is 0 Å². The highest BCUT2D eigenvalue weighted by Gasteiger charge is 2.17. The van der Waals surface area contributed by atoms with E-state index in [2.05, 4.69) is 4.98 Å². The standard InChI is InChI=1S/C7H10N4O2/c1-3-4(5(8)12)10-7(6(9)13)11(3)2/h1-2H3,(H2,8,12)(H2,9,13). The van der Waals surface area contributed by atoms with Gasteiger partial charge in [0.25, 0.3) is 11.8 Å². The minimum Gasteiger partial charge on any atom is -0.364 e. The Morgan fingerprint density at radius 3 is 2.08 bits per heavy atom. The van der Waals surface area contributed by atoms with E-state index in [0.29, 0.717) is 5.69 Å². The van der Waals surface area contributed by atoms with E-state index in [0.717, 1.165) is 0 Å². The molecule has 0 aliphatic carbocycles. The summed E-state index contributed by atoms with van der Waals surface area (Å²) in [4.78, 5) is 25.3. The van der Waals surface area contributed by atoms with Crippen LogP contribution in [0.15, 0.2) is 0 Å². The third-order valence-corrected chi connectivity index (χ3v) is 1.84. The zero-order valence-corrected chi connectivity index (χ0v) is 7.37. The molecule has 0 bridgehead atoms. The minimum atomic E-state index is -0.682. The molecule has 70 valence electrons. The summed E-state index contributed by atoms with van der Waals surface area (Å²) in [5.74, 6) is -1.31. The van der Waals surface area contributed by atoms with Gasteiger partial charge in [0, 0.05) is 12.7 Å². The van der Waals surface area contributed by atoms with Crippen LogP contribution in [0.3, 0.4) is 0 Å². The van der Waals surface area contributed by atoms with Crippen LogP contribution in [0.25, 0.3) is 0 Å². The molecule has 0 aromatic carbocycles. The first kappa shape index (κ1) is 9.24. The van der Waals surface area contributed by atoms with Gasteiger partial charge in [-0.2, -0.15) is 0 Å². The molecule has 0 radical (unpaired) electrons. The summed E-state index contributed by atoms with van der Waals surface area (Å²) >= 11 is 0. The van der Waals surface area contributed by atoms with Crippen LogP contribution in [-0.2, 0) is 7.05 Å². The fourth-order valence-electron chi connectivity index (χ4n) is 1.03. The second kappa shape index (κ2) is 2.89. The molecule has 0 aliphatic rings. The van der Waals surface area contributed by atoms with Gasteiger partial charge >= 0.3 is 0 Å². The fourth-order valence-corrected chi connectivity index (χ4v) is 1.03. The number of rotatable bonds is 2. The minimum absolute atomic E-state index is 0.0336. The number of nitrogens with zero attached hydrogens (tertiary/aromatic N) is 2. The molecule has 2 amide bonds. The van der Waals surface area contributed by atoms with Gasteiger partial charge < -0.3 is 16.0 Å². The first-order chi connectivity index (χ1) is 5.95. The quantitative estimate of drug-likeness (QED) is 0.608. The van der Waals surface area contributed by atoms with Crippen LogP contribution in [-0.4, -0.2) is 21.4 Å². The lowest BCUT2D eigenvalue weighted by atomic mass is 10.3. The second-order valence-corrected chi connectivity index (χ2v) is 2.66. The molecule has 0 aliphatic heterocycles. The van der Waals surface area contributed by atoms with Crippen LogP contribution in [0.5, 0.6) is 0 Å². The van der Waals surface area contributed by atoms with Crippen molar-refractivity contribution in [3.63, 3.8) is 0 Å². The number of carbonyl (C=O) groups is 2. The second-order valence-electron chi connectivity index (χ2n) is 2.66. The van der Waals surface area contributed by atoms with Gasteiger partial charge in [-0.25, -0.2) is 4.98 Å². The molecular formula is C7H10N4O2. The van der Waals surface area contributed by atoms with Crippen molar-refractivity contribution in [1.82, 2.24) is 9.55 Å². The van der Waals surface area contributed by atoms with Crippen LogP contribution in [0.1, 0.15) is 26.8 Å². The molecule has 4 N–H and O–H groups in total. The normalized spacial score (nSPS) is 10.0.